The van der Waals surface area contributed by atoms with Gasteiger partial charge in [-0.15, -0.1) is 11.8 Å². The number of carbonyl (C=O) groups is 2. The predicted octanol–water partition coefficient (Wildman–Crippen LogP) is 3.06. The molecule has 0 radical (unpaired) electrons. The summed E-state index contributed by atoms with van der Waals surface area (Å²) in [7, 11) is 0. The third kappa shape index (κ3) is 4.69. The van der Waals surface area contributed by atoms with Gasteiger partial charge in [-0.3, -0.25) is 4.79 Å². The molecule has 0 aromatic heterocycles. The Labute approximate surface area is 126 Å². The fraction of sp³-hybridized carbons (Fsp3) is 0.867. The fourth-order valence-electron chi connectivity index (χ4n) is 2.31. The second kappa shape index (κ2) is 8.55. The van der Waals surface area contributed by atoms with Crippen LogP contribution >= 0.6 is 11.8 Å². The van der Waals surface area contributed by atoms with Gasteiger partial charge >= 0.3 is 5.97 Å². The van der Waals surface area contributed by atoms with Crippen molar-refractivity contribution in [1.29, 1.82) is 0 Å². The van der Waals surface area contributed by atoms with Gasteiger partial charge in [0, 0.05) is 12.2 Å². The first-order valence-electron chi connectivity index (χ1n) is 7.60. The summed E-state index contributed by atoms with van der Waals surface area (Å²) in [4.78, 5) is 26.2. The van der Waals surface area contributed by atoms with Crippen LogP contribution < -0.4 is 0 Å². The molecule has 0 aliphatic carbocycles. The van der Waals surface area contributed by atoms with E-state index in [1.165, 1.54) is 0 Å². The fourth-order valence-corrected chi connectivity index (χ4v) is 3.95. The van der Waals surface area contributed by atoms with E-state index in [4.69, 9.17) is 4.74 Å². The van der Waals surface area contributed by atoms with E-state index < -0.39 is 6.04 Å². The molecule has 0 bridgehead atoms. The van der Waals surface area contributed by atoms with Crippen molar-refractivity contribution in [2.45, 2.75) is 64.8 Å². The van der Waals surface area contributed by atoms with E-state index in [1.807, 2.05) is 13.8 Å². The van der Waals surface area contributed by atoms with Crippen molar-refractivity contribution in [3.8, 4) is 0 Å². The average molecular weight is 301 g/mol. The second-order valence-corrected chi connectivity index (χ2v) is 6.86. The molecule has 1 heterocycles. The Bertz CT molecular complexity index is 333. The van der Waals surface area contributed by atoms with Gasteiger partial charge in [-0.05, 0) is 25.2 Å². The van der Waals surface area contributed by atoms with Crippen LogP contribution in [-0.2, 0) is 14.3 Å². The Balaban J connectivity index is 2.77. The molecule has 1 aliphatic heterocycles. The van der Waals surface area contributed by atoms with Crippen LogP contribution in [0.3, 0.4) is 0 Å². The van der Waals surface area contributed by atoms with Crippen LogP contribution in [-0.4, -0.2) is 40.6 Å². The molecule has 0 saturated carbocycles. The zero-order valence-electron chi connectivity index (χ0n) is 13.1. The summed E-state index contributed by atoms with van der Waals surface area (Å²) in [5, 5.41) is 0.119. The summed E-state index contributed by atoms with van der Waals surface area (Å²) >= 11 is 1.71. The van der Waals surface area contributed by atoms with Gasteiger partial charge < -0.3 is 9.64 Å². The number of thioether (sulfide) groups is 1. The quantitative estimate of drug-likeness (QED) is 0.678. The smallest absolute Gasteiger partial charge is 0.329 e. The molecule has 1 saturated heterocycles. The SMILES string of the molecule is CCCOC(=O)C1CSC(CC(C)C)N1C(=O)CCC. The first-order chi connectivity index (χ1) is 9.51. The molecule has 5 heteroatoms. The lowest BCUT2D eigenvalue weighted by molar-refractivity contribution is -0.154. The van der Waals surface area contributed by atoms with Gasteiger partial charge in [0.05, 0.1) is 12.0 Å². The molecule has 1 rings (SSSR count). The summed E-state index contributed by atoms with van der Waals surface area (Å²) in [6.45, 7) is 8.68. The lowest BCUT2D eigenvalue weighted by Gasteiger charge is -2.29. The average Bonchev–Trinajstić information content (AvgIpc) is 2.79. The predicted molar refractivity (Wildman–Crippen MR) is 82.5 cm³/mol. The minimum Gasteiger partial charge on any atom is -0.464 e. The van der Waals surface area contributed by atoms with Gasteiger partial charge in [-0.25, -0.2) is 4.79 Å². The summed E-state index contributed by atoms with van der Waals surface area (Å²) in [5.74, 6) is 1.02. The molecule has 1 amide bonds. The summed E-state index contributed by atoms with van der Waals surface area (Å²) < 4.78 is 5.24. The summed E-state index contributed by atoms with van der Waals surface area (Å²) in [6.07, 6.45) is 3.06. The molecule has 1 aliphatic rings. The van der Waals surface area contributed by atoms with E-state index in [2.05, 4.69) is 13.8 Å². The lowest BCUT2D eigenvalue weighted by Crippen LogP contribution is -2.46. The minimum atomic E-state index is -0.394. The van der Waals surface area contributed by atoms with Crippen LogP contribution in [0.2, 0.25) is 0 Å². The maximum atomic E-state index is 12.3. The van der Waals surface area contributed by atoms with Crippen molar-refractivity contribution in [1.82, 2.24) is 4.90 Å². The number of hydrogen-bond donors (Lipinski definition) is 0. The van der Waals surface area contributed by atoms with E-state index in [-0.39, 0.29) is 17.3 Å². The first-order valence-corrected chi connectivity index (χ1v) is 8.65. The molecule has 0 spiro atoms. The number of amides is 1. The number of hydrogen-bond acceptors (Lipinski definition) is 4. The Kier molecular flexibility index (Phi) is 7.41. The maximum Gasteiger partial charge on any atom is 0.329 e. The molecular formula is C15H27NO3S. The first kappa shape index (κ1) is 17.3. The van der Waals surface area contributed by atoms with Crippen LogP contribution in [0, 0.1) is 5.92 Å². The number of nitrogens with zero attached hydrogens (tertiary/aromatic N) is 1. The molecule has 4 nitrogen and oxygen atoms in total. The van der Waals surface area contributed by atoms with E-state index in [9.17, 15) is 9.59 Å². The maximum absolute atomic E-state index is 12.3. The highest BCUT2D eigenvalue weighted by molar-refractivity contribution is 8.00. The largest absolute Gasteiger partial charge is 0.464 e. The van der Waals surface area contributed by atoms with Crippen molar-refractivity contribution in [2.75, 3.05) is 12.4 Å². The monoisotopic (exact) mass is 301 g/mol. The minimum absolute atomic E-state index is 0.0848. The van der Waals surface area contributed by atoms with Gasteiger partial charge in [-0.1, -0.05) is 27.7 Å². The van der Waals surface area contributed by atoms with Crippen LogP contribution in [0.15, 0.2) is 0 Å². The zero-order valence-corrected chi connectivity index (χ0v) is 13.9. The van der Waals surface area contributed by atoms with Crippen molar-refractivity contribution in [3.63, 3.8) is 0 Å². The van der Waals surface area contributed by atoms with Gasteiger partial charge in [0.25, 0.3) is 0 Å². The molecule has 0 aromatic rings. The Morgan fingerprint density at radius 3 is 2.55 bits per heavy atom. The van der Waals surface area contributed by atoms with Crippen LogP contribution in [0.25, 0.3) is 0 Å². The highest BCUT2D eigenvalue weighted by Gasteiger charge is 2.41. The van der Waals surface area contributed by atoms with E-state index in [0.29, 0.717) is 24.7 Å². The van der Waals surface area contributed by atoms with Crippen molar-refractivity contribution >= 4 is 23.6 Å². The zero-order chi connectivity index (χ0) is 15.1. The molecular weight excluding hydrogens is 274 g/mol. The lowest BCUT2D eigenvalue weighted by atomic mass is 10.1. The standard InChI is InChI=1S/C15H27NO3S/c1-5-7-13(17)16-12(15(18)19-8-6-2)10-20-14(16)9-11(3)4/h11-12,14H,5-10H2,1-4H3. The Morgan fingerprint density at radius 2 is 2.00 bits per heavy atom. The van der Waals surface area contributed by atoms with Crippen LogP contribution in [0.4, 0.5) is 0 Å². The Hall–Kier alpha value is -0.710. The van der Waals surface area contributed by atoms with Gasteiger partial charge in [0.1, 0.15) is 6.04 Å². The third-order valence-corrected chi connectivity index (χ3v) is 4.55. The summed E-state index contributed by atoms with van der Waals surface area (Å²) in [6, 6.07) is -0.394. The van der Waals surface area contributed by atoms with Crippen molar-refractivity contribution in [3.05, 3.63) is 0 Å². The second-order valence-electron chi connectivity index (χ2n) is 5.65. The van der Waals surface area contributed by atoms with E-state index in [1.54, 1.807) is 16.7 Å². The molecule has 2 atom stereocenters. The molecule has 0 aromatic carbocycles. The van der Waals surface area contributed by atoms with Crippen LogP contribution in [0.5, 0.6) is 0 Å². The molecule has 1 fully saturated rings. The number of ether oxygens (including phenoxy) is 1. The van der Waals surface area contributed by atoms with Gasteiger partial charge in [-0.2, -0.15) is 0 Å². The molecule has 0 N–H and O–H groups in total. The highest BCUT2D eigenvalue weighted by Crippen LogP contribution is 2.34. The topological polar surface area (TPSA) is 46.6 Å². The molecule has 116 valence electrons. The third-order valence-electron chi connectivity index (χ3n) is 3.24. The van der Waals surface area contributed by atoms with E-state index in [0.717, 1.165) is 19.3 Å². The normalized spacial score (nSPS) is 22.4. The Morgan fingerprint density at radius 1 is 1.30 bits per heavy atom. The molecule has 2 unspecified atom stereocenters. The van der Waals surface area contributed by atoms with Crippen LogP contribution in [0.1, 0.15) is 53.4 Å². The van der Waals surface area contributed by atoms with Gasteiger partial charge in [0.2, 0.25) is 5.91 Å². The van der Waals surface area contributed by atoms with Gasteiger partial charge in [0.15, 0.2) is 0 Å². The van der Waals surface area contributed by atoms with Crippen molar-refractivity contribution in [2.24, 2.45) is 5.92 Å². The number of esters is 1. The number of rotatable bonds is 7. The number of carbonyl (C=O) groups excluding carboxylic acids is 2. The van der Waals surface area contributed by atoms with Crippen molar-refractivity contribution < 1.29 is 14.3 Å². The van der Waals surface area contributed by atoms with E-state index >= 15 is 0 Å². The highest BCUT2D eigenvalue weighted by atomic mass is 32.2. The molecule has 20 heavy (non-hydrogen) atoms. The summed E-state index contributed by atoms with van der Waals surface area (Å²) in [5.41, 5.74) is 0.